The number of fused-ring (bicyclic) bond motifs is 8. The normalized spacial score (nSPS) is 14.6. The molecule has 0 fully saturated rings. The fraction of sp³-hybridized carbons (Fsp3) is 0.0179. The Bertz CT molecular complexity index is 3800. The number of rotatable bonds is 5. The van der Waals surface area contributed by atoms with Crippen molar-refractivity contribution in [3.63, 3.8) is 0 Å². The van der Waals surface area contributed by atoms with Crippen LogP contribution >= 0.6 is 0 Å². The summed E-state index contributed by atoms with van der Waals surface area (Å²) in [6.45, 7) is 0. The van der Waals surface area contributed by atoms with Crippen LogP contribution in [0.25, 0.3) is 103 Å². The molecule has 0 aliphatic carbocycles. The first-order valence-corrected chi connectivity index (χ1v) is 21.8. The van der Waals surface area contributed by atoms with E-state index in [-0.39, 0.29) is 0 Å². The molecule has 0 spiro atoms. The molecule has 0 aromatic carbocycles. The first-order chi connectivity index (χ1) is 33.1. The van der Waals surface area contributed by atoms with Crippen LogP contribution in [0.15, 0.2) is 171 Å². The number of nitrogens with one attached hydrogen (secondary N) is 2. The number of aromatic amines is 2. The SMILES string of the molecule is CN1C=CC(=c2c3nc(c(-c4ccc(-c5ccccn5)nc4)c4ccc([nH]4)c(-c4ccc(-c5ccccn5)nc4)c4nc(c(=C5C=CC(c6ccccn6)=[N+]=C5)c5ccc2[nH]5)C=C4)C=C3)C=C1. The van der Waals surface area contributed by atoms with Crippen LogP contribution in [0.3, 0.4) is 0 Å². The van der Waals surface area contributed by atoms with Crippen molar-refractivity contribution >= 4 is 69.4 Å². The highest BCUT2D eigenvalue weighted by atomic mass is 15.0. The van der Waals surface area contributed by atoms with E-state index < -0.39 is 0 Å². The zero-order chi connectivity index (χ0) is 44.7. The Morgan fingerprint density at radius 1 is 0.418 bits per heavy atom. The molecule has 11 nitrogen and oxygen atoms in total. The van der Waals surface area contributed by atoms with Crippen LogP contribution in [-0.4, -0.2) is 68.7 Å². The van der Waals surface area contributed by atoms with Crippen LogP contribution in [0.4, 0.5) is 0 Å². The second-order valence-corrected chi connectivity index (χ2v) is 16.2. The number of H-pyrrole nitrogens is 2. The Balaban J connectivity index is 1.18. The van der Waals surface area contributed by atoms with Crippen LogP contribution in [0, 0.1) is 0 Å². The molecule has 8 aromatic heterocycles. The number of hydrogen-bond donors (Lipinski definition) is 2. The van der Waals surface area contributed by atoms with Gasteiger partial charge in [0.1, 0.15) is 0 Å². The summed E-state index contributed by atoms with van der Waals surface area (Å²) in [5, 5.41) is 1.85. The lowest BCUT2D eigenvalue weighted by molar-refractivity contribution is 0.623. The Morgan fingerprint density at radius 3 is 1.37 bits per heavy atom. The summed E-state index contributed by atoms with van der Waals surface area (Å²) in [4.78, 5) is 44.1. The molecular weight excluding hydrogens is 827 g/mol. The maximum Gasteiger partial charge on any atom is 0.352 e. The quantitative estimate of drug-likeness (QED) is 0.164. The van der Waals surface area contributed by atoms with Gasteiger partial charge < -0.3 is 14.9 Å². The van der Waals surface area contributed by atoms with Gasteiger partial charge in [-0.15, -0.1) is 0 Å². The molecule has 67 heavy (non-hydrogen) atoms. The van der Waals surface area contributed by atoms with Crippen molar-refractivity contribution in [1.82, 2.24) is 54.4 Å². The van der Waals surface area contributed by atoms with E-state index in [1.54, 1.807) is 18.6 Å². The van der Waals surface area contributed by atoms with Gasteiger partial charge in [-0.3, -0.25) is 19.9 Å². The van der Waals surface area contributed by atoms with Crippen molar-refractivity contribution in [2.45, 2.75) is 0 Å². The molecule has 12 heterocycles. The zero-order valence-electron chi connectivity index (χ0n) is 36.1. The summed E-state index contributed by atoms with van der Waals surface area (Å²) in [6, 6.07) is 34.1. The maximum absolute atomic E-state index is 5.46. The van der Waals surface area contributed by atoms with E-state index in [0.29, 0.717) is 0 Å². The molecule has 12 rings (SSSR count). The lowest BCUT2D eigenvalue weighted by Gasteiger charge is -2.12. The third kappa shape index (κ3) is 7.43. The van der Waals surface area contributed by atoms with E-state index in [1.165, 1.54) is 0 Å². The minimum absolute atomic E-state index is 0.770. The Hall–Kier alpha value is -9.44. The smallest absolute Gasteiger partial charge is 0.352 e. The van der Waals surface area contributed by atoms with Crippen molar-refractivity contribution in [2.75, 3.05) is 7.05 Å². The molecule has 11 heteroatoms. The largest absolute Gasteiger partial charge is 0.357 e. The first kappa shape index (κ1) is 39.2. The van der Waals surface area contributed by atoms with Gasteiger partial charge in [0.2, 0.25) is 0 Å². The summed E-state index contributed by atoms with van der Waals surface area (Å²) in [5.74, 6) is 0. The van der Waals surface area contributed by atoms with E-state index in [4.69, 9.17) is 24.6 Å². The predicted molar refractivity (Wildman–Crippen MR) is 270 cm³/mol. The minimum Gasteiger partial charge on any atom is -0.357 e. The number of aromatic nitrogens is 9. The number of allylic oxidation sites excluding steroid dienone is 4. The Morgan fingerprint density at radius 2 is 0.896 bits per heavy atom. The highest BCUT2D eigenvalue weighted by molar-refractivity contribution is 6.19. The molecule has 0 amide bonds. The molecule has 0 radical (unpaired) electrons. The lowest BCUT2D eigenvalue weighted by Crippen LogP contribution is -2.17. The summed E-state index contributed by atoms with van der Waals surface area (Å²) in [7, 11) is 2.02. The van der Waals surface area contributed by atoms with Gasteiger partial charge >= 0.3 is 11.9 Å². The third-order valence-electron chi connectivity index (χ3n) is 12.0. The van der Waals surface area contributed by atoms with Gasteiger partial charge in [0.05, 0.1) is 51.1 Å². The highest BCUT2D eigenvalue weighted by Gasteiger charge is 2.20. The Labute approximate surface area is 384 Å². The van der Waals surface area contributed by atoms with Gasteiger partial charge in [-0.25, -0.2) is 15.0 Å². The molecule has 8 bridgehead atoms. The van der Waals surface area contributed by atoms with E-state index in [9.17, 15) is 0 Å². The van der Waals surface area contributed by atoms with E-state index in [2.05, 4.69) is 116 Å². The number of nitrogens with zero attached hydrogens (tertiary/aromatic N) is 9. The topological polar surface area (TPSA) is 139 Å². The maximum atomic E-state index is 5.46. The van der Waals surface area contributed by atoms with Crippen LogP contribution in [0.2, 0.25) is 0 Å². The lowest BCUT2D eigenvalue weighted by atomic mass is 10.0. The van der Waals surface area contributed by atoms with Crippen molar-refractivity contribution in [3.8, 4) is 45.0 Å². The van der Waals surface area contributed by atoms with Gasteiger partial charge in [0.15, 0.2) is 5.69 Å². The molecule has 2 N–H and O–H groups in total. The molecule has 8 aromatic rings. The van der Waals surface area contributed by atoms with Gasteiger partial charge in [-0.1, -0.05) is 35.0 Å². The van der Waals surface area contributed by atoms with Crippen molar-refractivity contribution in [2.24, 2.45) is 0 Å². The molecular formula is C56H38N11+. The summed E-state index contributed by atoms with van der Waals surface area (Å²) < 4.78 is 4.91. The molecule has 0 unspecified atom stereocenters. The van der Waals surface area contributed by atoms with Crippen LogP contribution in [-0.2, 0) is 0 Å². The van der Waals surface area contributed by atoms with E-state index in [1.807, 2.05) is 103 Å². The molecule has 4 aliphatic rings. The van der Waals surface area contributed by atoms with E-state index in [0.717, 1.165) is 123 Å². The van der Waals surface area contributed by atoms with Gasteiger partial charge in [0, 0.05) is 111 Å². The van der Waals surface area contributed by atoms with Gasteiger partial charge in [-0.05, 0) is 121 Å². The molecule has 316 valence electrons. The molecule has 0 saturated carbocycles. The zero-order valence-corrected chi connectivity index (χ0v) is 36.1. The second-order valence-electron chi connectivity index (χ2n) is 16.2. The van der Waals surface area contributed by atoms with Crippen LogP contribution < -0.4 is 15.1 Å². The third-order valence-corrected chi connectivity index (χ3v) is 12.0. The first-order valence-electron chi connectivity index (χ1n) is 21.8. The molecule has 0 saturated heterocycles. The second kappa shape index (κ2) is 16.6. The summed E-state index contributed by atoms with van der Waals surface area (Å²) >= 11 is 0. The van der Waals surface area contributed by atoms with Gasteiger partial charge in [-0.2, -0.15) is 0 Å². The summed E-state index contributed by atoms with van der Waals surface area (Å²) in [5.41, 5.74) is 16.9. The average molecular weight is 865 g/mol. The fourth-order valence-electron chi connectivity index (χ4n) is 8.71. The molecule has 4 aliphatic heterocycles. The monoisotopic (exact) mass is 864 g/mol. The van der Waals surface area contributed by atoms with Crippen LogP contribution in [0.1, 0.15) is 28.5 Å². The van der Waals surface area contributed by atoms with Crippen molar-refractivity contribution < 1.29 is 0 Å². The summed E-state index contributed by atoms with van der Waals surface area (Å²) in [6.07, 6.45) is 31.8. The van der Waals surface area contributed by atoms with Crippen molar-refractivity contribution in [3.05, 3.63) is 210 Å². The predicted octanol–water partition coefficient (Wildman–Crippen LogP) is 8.77. The van der Waals surface area contributed by atoms with E-state index >= 15 is 0 Å². The van der Waals surface area contributed by atoms with Crippen molar-refractivity contribution in [1.29, 1.82) is 0 Å². The molecule has 0 atom stereocenters. The number of hydrogen-bond acceptors (Lipinski definition) is 8. The van der Waals surface area contributed by atoms with Crippen LogP contribution in [0.5, 0.6) is 0 Å². The Kier molecular flexibility index (Phi) is 9.71. The van der Waals surface area contributed by atoms with Gasteiger partial charge in [0.25, 0.3) is 0 Å². The number of pyridine rings is 5. The average Bonchev–Trinajstić information content (AvgIpc) is 4.25. The highest BCUT2D eigenvalue weighted by Crippen LogP contribution is 2.34. The fourth-order valence-corrected chi connectivity index (χ4v) is 8.71. The minimum atomic E-state index is 0.770. The standard InChI is InChI=1S/C56H37N11/c1-67-30-25-35(26-31-67)53-45-17-19-47(63-45)54(36-11-14-42(60-32-36)39-8-2-5-27-57-39)49-21-23-51(65-49)56(38-13-16-44(62-34-38)41-10-4-7-29-59-41)52-24-22-50(66-52)55(48-20-18-46(53)64-48)37-12-15-43(61-33-37)40-9-3-6-28-58-40/h2-34H,1H3,(H,63,64,65,66)/p+1.